The van der Waals surface area contributed by atoms with Gasteiger partial charge in [-0.3, -0.25) is 4.79 Å². The Labute approximate surface area is 162 Å². The highest BCUT2D eigenvalue weighted by molar-refractivity contribution is 5.80. The van der Waals surface area contributed by atoms with Crippen LogP contribution >= 0.6 is 0 Å². The molecule has 3 nitrogen and oxygen atoms in total. The molecule has 4 rings (SSSR count). The Morgan fingerprint density at radius 1 is 0.931 bits per heavy atom. The summed E-state index contributed by atoms with van der Waals surface area (Å²) in [5.74, 6) is -0.520. The second-order valence-electron chi connectivity index (χ2n) is 6.71. The molecule has 146 valence electrons. The van der Waals surface area contributed by atoms with Crippen molar-refractivity contribution < 1.29 is 17.6 Å². The third kappa shape index (κ3) is 3.63. The van der Waals surface area contributed by atoms with E-state index in [0.717, 1.165) is 17.7 Å². The maximum absolute atomic E-state index is 14.3. The zero-order chi connectivity index (χ0) is 20.8. The standard InChI is InChI=1S/C22H14F4N2O/c1-12-5-7-16-19(9-12)27-20(28-21(16)29)14-4-2-3-13(10-14)17-11-15(22(24,25)26)6-8-18(17)23/h2-11H,1H3,(H,27,28,29). The maximum Gasteiger partial charge on any atom is 0.416 e. The molecule has 0 fully saturated rings. The first kappa shape index (κ1) is 18.9. The Hall–Kier alpha value is -3.48. The largest absolute Gasteiger partial charge is 0.416 e. The topological polar surface area (TPSA) is 45.8 Å². The van der Waals surface area contributed by atoms with Gasteiger partial charge < -0.3 is 4.98 Å². The molecule has 0 unspecified atom stereocenters. The number of aryl methyl sites for hydroxylation is 1. The fourth-order valence-corrected chi connectivity index (χ4v) is 3.14. The third-order valence-electron chi connectivity index (χ3n) is 4.60. The summed E-state index contributed by atoms with van der Waals surface area (Å²) in [6, 6.07) is 13.7. The van der Waals surface area contributed by atoms with Gasteiger partial charge in [-0.2, -0.15) is 13.2 Å². The molecule has 0 amide bonds. The van der Waals surface area contributed by atoms with Gasteiger partial charge in [-0.05, 0) is 54.4 Å². The number of fused-ring (bicyclic) bond motifs is 1. The number of rotatable bonds is 2. The van der Waals surface area contributed by atoms with Crippen molar-refractivity contribution in [3.8, 4) is 22.5 Å². The molecule has 3 aromatic carbocycles. The van der Waals surface area contributed by atoms with Crippen LogP contribution in [0.3, 0.4) is 0 Å². The van der Waals surface area contributed by atoms with Crippen LogP contribution in [0.2, 0.25) is 0 Å². The molecule has 7 heteroatoms. The zero-order valence-electron chi connectivity index (χ0n) is 15.1. The van der Waals surface area contributed by atoms with Gasteiger partial charge in [0.15, 0.2) is 0 Å². The summed E-state index contributed by atoms with van der Waals surface area (Å²) in [5, 5.41) is 0.430. The van der Waals surface area contributed by atoms with Crippen LogP contribution in [-0.2, 0) is 6.18 Å². The van der Waals surface area contributed by atoms with Crippen LogP contribution in [0.15, 0.2) is 65.5 Å². The molecule has 0 bridgehead atoms. The molecule has 0 radical (unpaired) electrons. The van der Waals surface area contributed by atoms with Gasteiger partial charge in [0.05, 0.1) is 16.5 Å². The number of benzene rings is 3. The minimum Gasteiger partial charge on any atom is -0.306 e. The predicted octanol–water partition coefficient (Wildman–Crippen LogP) is 5.72. The van der Waals surface area contributed by atoms with Crippen LogP contribution in [0.4, 0.5) is 17.6 Å². The lowest BCUT2D eigenvalue weighted by molar-refractivity contribution is -0.137. The molecule has 0 atom stereocenters. The third-order valence-corrected chi connectivity index (χ3v) is 4.60. The summed E-state index contributed by atoms with van der Waals surface area (Å²) in [7, 11) is 0. The molecule has 0 aliphatic carbocycles. The SMILES string of the molecule is Cc1ccc2c(=O)[nH]c(-c3cccc(-c4cc(C(F)(F)F)ccc4F)c3)nc2c1. The van der Waals surface area contributed by atoms with Gasteiger partial charge in [-0.15, -0.1) is 0 Å². The van der Waals surface area contributed by atoms with E-state index in [1.165, 1.54) is 12.1 Å². The first-order valence-electron chi connectivity index (χ1n) is 8.70. The second kappa shape index (κ2) is 6.84. The second-order valence-corrected chi connectivity index (χ2v) is 6.71. The van der Waals surface area contributed by atoms with E-state index in [2.05, 4.69) is 9.97 Å². The molecule has 4 aromatic rings. The number of halogens is 4. The zero-order valence-corrected chi connectivity index (χ0v) is 15.1. The summed E-state index contributed by atoms with van der Waals surface area (Å²) >= 11 is 0. The first-order chi connectivity index (χ1) is 13.7. The Kier molecular flexibility index (Phi) is 4.45. The van der Waals surface area contributed by atoms with Gasteiger partial charge in [0.25, 0.3) is 5.56 Å². The summed E-state index contributed by atoms with van der Waals surface area (Å²) in [5.41, 5.74) is 0.687. The lowest BCUT2D eigenvalue weighted by atomic mass is 10.00. The lowest BCUT2D eigenvalue weighted by Gasteiger charge is -2.11. The normalized spacial score (nSPS) is 11.8. The highest BCUT2D eigenvalue weighted by Crippen LogP contribution is 2.34. The van der Waals surface area contributed by atoms with E-state index < -0.39 is 17.6 Å². The van der Waals surface area contributed by atoms with E-state index in [1.54, 1.807) is 30.3 Å². The molecule has 0 aliphatic rings. The predicted molar refractivity (Wildman–Crippen MR) is 103 cm³/mol. The lowest BCUT2D eigenvalue weighted by Crippen LogP contribution is -2.09. The average molecular weight is 398 g/mol. The number of hydrogen-bond acceptors (Lipinski definition) is 2. The van der Waals surface area contributed by atoms with Crippen LogP contribution in [-0.4, -0.2) is 9.97 Å². The smallest absolute Gasteiger partial charge is 0.306 e. The van der Waals surface area contributed by atoms with Gasteiger partial charge in [0, 0.05) is 11.1 Å². The van der Waals surface area contributed by atoms with Crippen LogP contribution < -0.4 is 5.56 Å². The number of aromatic nitrogens is 2. The van der Waals surface area contributed by atoms with Crippen LogP contribution in [0.1, 0.15) is 11.1 Å². The molecule has 0 spiro atoms. The number of nitrogens with one attached hydrogen (secondary N) is 1. The van der Waals surface area contributed by atoms with Crippen molar-refractivity contribution >= 4 is 10.9 Å². The van der Waals surface area contributed by atoms with Gasteiger partial charge in [0.2, 0.25) is 0 Å². The fraction of sp³-hybridized carbons (Fsp3) is 0.0909. The Morgan fingerprint density at radius 2 is 1.69 bits per heavy atom. The van der Waals surface area contributed by atoms with Gasteiger partial charge in [0.1, 0.15) is 11.6 Å². The Bertz CT molecular complexity index is 1290. The number of aromatic amines is 1. The van der Waals surface area contributed by atoms with Crippen LogP contribution in [0.25, 0.3) is 33.4 Å². The van der Waals surface area contributed by atoms with Gasteiger partial charge in [-0.25, -0.2) is 9.37 Å². The molecule has 29 heavy (non-hydrogen) atoms. The molecule has 1 heterocycles. The number of alkyl halides is 3. The first-order valence-corrected chi connectivity index (χ1v) is 8.70. The molecule has 0 saturated heterocycles. The molecule has 0 aliphatic heterocycles. The van der Waals surface area contributed by atoms with Crippen molar-refractivity contribution in [1.29, 1.82) is 0 Å². The van der Waals surface area contributed by atoms with E-state index in [1.807, 2.05) is 6.92 Å². The number of hydrogen-bond donors (Lipinski definition) is 1. The van der Waals surface area contributed by atoms with Crippen molar-refractivity contribution in [2.24, 2.45) is 0 Å². The Balaban J connectivity index is 1.85. The van der Waals surface area contributed by atoms with E-state index in [9.17, 15) is 22.4 Å². The monoisotopic (exact) mass is 398 g/mol. The minimum atomic E-state index is -4.58. The van der Waals surface area contributed by atoms with Crippen LogP contribution in [0, 0.1) is 12.7 Å². The van der Waals surface area contributed by atoms with Crippen molar-refractivity contribution in [1.82, 2.24) is 9.97 Å². The molecule has 1 N–H and O–H groups in total. The van der Waals surface area contributed by atoms with E-state index in [-0.39, 0.29) is 22.5 Å². The van der Waals surface area contributed by atoms with Crippen molar-refractivity contribution in [3.63, 3.8) is 0 Å². The highest BCUT2D eigenvalue weighted by atomic mass is 19.4. The number of H-pyrrole nitrogens is 1. The molecule has 0 saturated carbocycles. The quantitative estimate of drug-likeness (QED) is 0.439. The average Bonchev–Trinajstić information content (AvgIpc) is 2.67. The maximum atomic E-state index is 14.3. The minimum absolute atomic E-state index is 0.180. The van der Waals surface area contributed by atoms with Crippen molar-refractivity contribution in [3.05, 3.63) is 88.0 Å². The Morgan fingerprint density at radius 3 is 2.45 bits per heavy atom. The van der Waals surface area contributed by atoms with E-state index in [4.69, 9.17) is 0 Å². The molecular formula is C22H14F4N2O. The van der Waals surface area contributed by atoms with E-state index >= 15 is 0 Å². The summed E-state index contributed by atoms with van der Waals surface area (Å²) in [6.07, 6.45) is -4.58. The number of nitrogens with zero attached hydrogens (tertiary/aromatic N) is 1. The van der Waals surface area contributed by atoms with E-state index in [0.29, 0.717) is 22.5 Å². The van der Waals surface area contributed by atoms with Crippen molar-refractivity contribution in [2.45, 2.75) is 13.1 Å². The summed E-state index contributed by atoms with van der Waals surface area (Å²) < 4.78 is 53.3. The van der Waals surface area contributed by atoms with Gasteiger partial charge in [-0.1, -0.05) is 24.3 Å². The highest BCUT2D eigenvalue weighted by Gasteiger charge is 2.31. The summed E-state index contributed by atoms with van der Waals surface area (Å²) in [6.45, 7) is 1.87. The van der Waals surface area contributed by atoms with Crippen LogP contribution in [0.5, 0.6) is 0 Å². The molecule has 1 aromatic heterocycles. The van der Waals surface area contributed by atoms with Gasteiger partial charge >= 0.3 is 6.18 Å². The fourth-order valence-electron chi connectivity index (χ4n) is 3.14. The molecular weight excluding hydrogens is 384 g/mol. The van der Waals surface area contributed by atoms with Crippen molar-refractivity contribution in [2.75, 3.05) is 0 Å². The summed E-state index contributed by atoms with van der Waals surface area (Å²) in [4.78, 5) is 19.5.